The Labute approximate surface area is 366 Å². The van der Waals surface area contributed by atoms with Crippen molar-refractivity contribution < 1.29 is 50.5 Å². The van der Waals surface area contributed by atoms with Crippen LogP contribution >= 0.6 is 0 Å². The van der Waals surface area contributed by atoms with Crippen LogP contribution in [0.2, 0.25) is 0 Å². The third-order valence-corrected chi connectivity index (χ3v) is 18.5. The third-order valence-electron chi connectivity index (χ3n) is 10.2. The van der Waals surface area contributed by atoms with Gasteiger partial charge >= 0.3 is 0 Å². The van der Waals surface area contributed by atoms with Crippen molar-refractivity contribution in [2.24, 2.45) is 10.8 Å². The predicted octanol–water partition coefficient (Wildman–Crippen LogP) is 9.14. The van der Waals surface area contributed by atoms with Crippen molar-refractivity contribution in [3.05, 3.63) is 68.9 Å². The molecule has 0 rings (SSSR count). The molecule has 0 unspecified atom stereocenters. The molecule has 0 fully saturated rings. The van der Waals surface area contributed by atoms with Gasteiger partial charge in [-0.2, -0.15) is 0 Å². The first-order chi connectivity index (χ1) is 27.7. The zero-order chi connectivity index (χ0) is 46.6. The van der Waals surface area contributed by atoms with Crippen molar-refractivity contribution in [3.8, 4) is 0 Å². The average Bonchev–Trinajstić information content (AvgIpc) is 3.19. The summed E-state index contributed by atoms with van der Waals surface area (Å²) in [4.78, 5) is 0. The molecular weight excluding hydrogens is 889 g/mol. The topological polar surface area (TPSA) is 205 Å². The van der Waals surface area contributed by atoms with Crippen molar-refractivity contribution >= 4 is 59.0 Å². The number of sulfone groups is 6. The highest BCUT2D eigenvalue weighted by Gasteiger charge is 2.34. The van der Waals surface area contributed by atoms with Crippen molar-refractivity contribution in [2.45, 2.75) is 145 Å². The summed E-state index contributed by atoms with van der Waals surface area (Å²) >= 11 is 0. The molecule has 0 radical (unpaired) electrons. The van der Waals surface area contributed by atoms with Crippen LogP contribution in [0.15, 0.2) is 68.9 Å². The van der Waals surface area contributed by atoms with Crippen LogP contribution in [-0.4, -0.2) is 85.0 Å². The van der Waals surface area contributed by atoms with Crippen molar-refractivity contribution in [2.75, 3.05) is 34.5 Å². The first-order valence-corrected chi connectivity index (χ1v) is 31.4. The highest BCUT2D eigenvalue weighted by molar-refractivity contribution is 7.95. The molecule has 0 saturated carbocycles. The van der Waals surface area contributed by atoms with E-state index in [1.165, 1.54) is 32.4 Å². The fourth-order valence-corrected chi connectivity index (χ4v) is 13.9. The maximum Gasteiger partial charge on any atom is 0.171 e. The van der Waals surface area contributed by atoms with E-state index >= 15 is 0 Å². The van der Waals surface area contributed by atoms with Crippen LogP contribution in [-0.2, 0) is 59.0 Å². The molecule has 12 nitrogen and oxygen atoms in total. The van der Waals surface area contributed by atoms with Gasteiger partial charge < -0.3 is 0 Å². The van der Waals surface area contributed by atoms with Gasteiger partial charge in [0.1, 0.15) is 0 Å². The second kappa shape index (κ2) is 29.5. The molecule has 0 aliphatic heterocycles. The molecule has 0 aliphatic rings. The van der Waals surface area contributed by atoms with E-state index < -0.39 is 69.9 Å². The smallest absolute Gasteiger partial charge is 0.171 e. The molecule has 0 spiro atoms. The lowest BCUT2D eigenvalue weighted by Crippen LogP contribution is -2.29. The molecule has 0 amide bonds. The average molecular weight is 965 g/mol. The van der Waals surface area contributed by atoms with Crippen LogP contribution < -0.4 is 0 Å². The van der Waals surface area contributed by atoms with Crippen LogP contribution in [0.5, 0.6) is 0 Å². The van der Waals surface area contributed by atoms with Gasteiger partial charge in [0, 0.05) is 32.4 Å². The second-order valence-corrected chi connectivity index (χ2v) is 27.1. The van der Waals surface area contributed by atoms with E-state index in [0.717, 1.165) is 0 Å². The Balaban J connectivity index is 0. The normalized spacial score (nSPS) is 16.0. The summed E-state index contributed by atoms with van der Waals surface area (Å²) in [6.45, 7) is 14.8. The van der Waals surface area contributed by atoms with Crippen molar-refractivity contribution in [1.82, 2.24) is 0 Å². The highest BCUT2D eigenvalue weighted by Crippen LogP contribution is 2.38. The number of hydrogen-bond acceptors (Lipinski definition) is 12. The summed E-state index contributed by atoms with van der Waals surface area (Å²) in [5.74, 6) is -0.791. The first kappa shape index (κ1) is 60.2. The molecule has 0 aromatic rings. The molecule has 0 heterocycles. The van der Waals surface area contributed by atoms with Crippen LogP contribution in [0, 0.1) is 10.8 Å². The molecule has 0 N–H and O–H groups in total. The lowest BCUT2D eigenvalue weighted by molar-refractivity contribution is 0.243. The van der Waals surface area contributed by atoms with E-state index in [4.69, 9.17) is 0 Å². The number of allylic oxidation sites excluding steroid dienone is 6. The summed E-state index contributed by atoms with van der Waals surface area (Å²) < 4.78 is 147. The van der Waals surface area contributed by atoms with Gasteiger partial charge in [0.15, 0.2) is 59.0 Å². The maximum atomic E-state index is 12.3. The van der Waals surface area contributed by atoms with Crippen LogP contribution in [0.25, 0.3) is 0 Å². The van der Waals surface area contributed by atoms with E-state index in [2.05, 4.69) is 0 Å². The quantitative estimate of drug-likeness (QED) is 0.0619. The molecule has 0 aromatic heterocycles. The first-order valence-electron chi connectivity index (χ1n) is 21.1. The van der Waals surface area contributed by atoms with Gasteiger partial charge in [0.25, 0.3) is 0 Å². The van der Waals surface area contributed by atoms with E-state index in [-0.39, 0.29) is 73.0 Å². The summed E-state index contributed by atoms with van der Waals surface area (Å²) in [6.07, 6.45) is 15.4. The minimum Gasteiger partial charge on any atom is -0.224 e. The lowest BCUT2D eigenvalue weighted by Gasteiger charge is -2.32. The van der Waals surface area contributed by atoms with Gasteiger partial charge in [-0.25, -0.2) is 50.5 Å². The summed E-state index contributed by atoms with van der Waals surface area (Å²) in [5, 5.41) is 7.14. The number of rotatable bonds is 32. The van der Waals surface area contributed by atoms with E-state index in [1.807, 2.05) is 55.4 Å². The minimum absolute atomic E-state index is 0.132. The fraction of sp³-hybridized carbons (Fsp3) is 0.714. The van der Waals surface area contributed by atoms with Gasteiger partial charge in [-0.1, -0.05) is 105 Å². The zero-order valence-corrected chi connectivity index (χ0v) is 42.3. The van der Waals surface area contributed by atoms with Gasteiger partial charge in [0.05, 0.1) is 34.5 Å². The van der Waals surface area contributed by atoms with Crippen LogP contribution in [0.3, 0.4) is 0 Å². The summed E-state index contributed by atoms with van der Waals surface area (Å²) in [6, 6.07) is 0. The zero-order valence-electron chi connectivity index (χ0n) is 37.4. The molecule has 0 aromatic carbocycles. The monoisotopic (exact) mass is 964 g/mol. The van der Waals surface area contributed by atoms with Gasteiger partial charge in [-0.05, 0) is 87.9 Å². The van der Waals surface area contributed by atoms with Crippen molar-refractivity contribution in [1.29, 1.82) is 0 Å². The Morgan fingerprint density at radius 2 is 0.400 bits per heavy atom. The number of hydrogen-bond donors (Lipinski definition) is 0. The SMILES string of the molecule is CCC=CS(=O)(=O)CCC(CC)(CCS(=O)(=O)C=CCC)CCS(=O)(=O)C=CCC.CCC=CS(=O)(=O)CCC(CC)(CCS(=O)(=O)C=CCC)CCS(=O)(=O)C=CCC. The van der Waals surface area contributed by atoms with E-state index in [9.17, 15) is 50.5 Å². The van der Waals surface area contributed by atoms with Crippen molar-refractivity contribution in [3.63, 3.8) is 0 Å². The maximum absolute atomic E-state index is 12.3. The lowest BCUT2D eigenvalue weighted by atomic mass is 9.77. The van der Waals surface area contributed by atoms with Gasteiger partial charge in [-0.3, -0.25) is 0 Å². The molecular formula is C42H76O12S6. The molecule has 0 bridgehead atoms. The van der Waals surface area contributed by atoms with Crippen LogP contribution in [0.4, 0.5) is 0 Å². The largest absolute Gasteiger partial charge is 0.224 e. The molecule has 60 heavy (non-hydrogen) atoms. The standard InChI is InChI=1S/2C21H38O6S3/c2*1-5-9-15-28(22,23)18-12-21(8-4,13-19-29(24,25)16-10-6-2)14-20-30(26,27)17-11-7-3/h2*9-11,15-17H,5-8,12-14,18-20H2,1-4H3. The molecule has 0 atom stereocenters. The third kappa shape index (κ3) is 29.4. The molecule has 18 heteroatoms. The summed E-state index contributed by atoms with van der Waals surface area (Å²) in [7, 11) is -20.6. The molecule has 0 aliphatic carbocycles. The Morgan fingerprint density at radius 1 is 0.267 bits per heavy atom. The Hall–Kier alpha value is -1.86. The molecule has 352 valence electrons. The van der Waals surface area contributed by atoms with Gasteiger partial charge in [-0.15, -0.1) is 0 Å². The van der Waals surface area contributed by atoms with E-state index in [0.29, 0.717) is 51.4 Å². The second-order valence-electron chi connectivity index (χ2n) is 15.1. The Kier molecular flexibility index (Phi) is 29.6. The Morgan fingerprint density at radius 3 is 0.500 bits per heavy atom. The minimum atomic E-state index is -3.43. The van der Waals surface area contributed by atoms with E-state index in [1.54, 1.807) is 36.5 Å². The highest BCUT2D eigenvalue weighted by atomic mass is 32.2. The fourth-order valence-electron chi connectivity index (χ4n) is 5.83. The summed E-state index contributed by atoms with van der Waals surface area (Å²) in [5.41, 5.74) is -1.37. The predicted molar refractivity (Wildman–Crippen MR) is 252 cm³/mol. The Bertz CT molecular complexity index is 1700. The van der Waals surface area contributed by atoms with Crippen LogP contribution in [0.1, 0.15) is 145 Å². The molecule has 0 saturated heterocycles. The van der Waals surface area contributed by atoms with Gasteiger partial charge in [0.2, 0.25) is 0 Å².